The lowest BCUT2D eigenvalue weighted by molar-refractivity contribution is 0.189. The van der Waals surface area contributed by atoms with Crippen LogP contribution in [0, 0.1) is 13.8 Å². The third kappa shape index (κ3) is 2.95. The van der Waals surface area contributed by atoms with Crippen molar-refractivity contribution in [2.45, 2.75) is 58.2 Å². The van der Waals surface area contributed by atoms with E-state index in [1.165, 1.54) is 54.1 Å². The largest absolute Gasteiger partial charge is 0.310 e. The highest BCUT2D eigenvalue weighted by molar-refractivity contribution is 7.12. The molecule has 0 bridgehead atoms. The SMILES string of the molecule is Cc1cc(CNC2CCN(C3CC3)CC2)c(C)s1. The van der Waals surface area contributed by atoms with Crippen molar-refractivity contribution < 1.29 is 0 Å². The maximum Gasteiger partial charge on any atom is 0.0219 e. The smallest absolute Gasteiger partial charge is 0.0219 e. The highest BCUT2D eigenvalue weighted by Crippen LogP contribution is 2.29. The highest BCUT2D eigenvalue weighted by Gasteiger charge is 2.31. The second kappa shape index (κ2) is 5.32. The fourth-order valence-corrected chi connectivity index (χ4v) is 3.97. The molecule has 0 radical (unpaired) electrons. The Hall–Kier alpha value is -0.380. The summed E-state index contributed by atoms with van der Waals surface area (Å²) in [7, 11) is 0. The summed E-state index contributed by atoms with van der Waals surface area (Å²) in [6.45, 7) is 8.12. The molecule has 0 aromatic carbocycles. The van der Waals surface area contributed by atoms with Crippen LogP contribution in [0.3, 0.4) is 0 Å². The molecule has 3 rings (SSSR count). The van der Waals surface area contributed by atoms with Crippen LogP contribution < -0.4 is 5.32 Å². The van der Waals surface area contributed by atoms with Crippen LogP contribution >= 0.6 is 11.3 Å². The summed E-state index contributed by atoms with van der Waals surface area (Å²) in [5.74, 6) is 0. The van der Waals surface area contributed by atoms with Crippen LogP contribution in [0.1, 0.15) is 41.0 Å². The number of nitrogens with zero attached hydrogens (tertiary/aromatic N) is 1. The Morgan fingerprint density at radius 3 is 2.50 bits per heavy atom. The first-order valence-corrected chi connectivity index (χ1v) is 8.07. The van der Waals surface area contributed by atoms with E-state index >= 15 is 0 Å². The summed E-state index contributed by atoms with van der Waals surface area (Å²) in [5.41, 5.74) is 1.50. The Morgan fingerprint density at radius 1 is 1.22 bits per heavy atom. The van der Waals surface area contributed by atoms with E-state index in [0.717, 1.165) is 18.6 Å². The molecule has 2 nitrogen and oxygen atoms in total. The molecule has 1 aromatic heterocycles. The Morgan fingerprint density at radius 2 is 1.94 bits per heavy atom. The minimum atomic E-state index is 0.736. The van der Waals surface area contributed by atoms with Gasteiger partial charge in [-0.05, 0) is 64.3 Å². The minimum Gasteiger partial charge on any atom is -0.310 e. The van der Waals surface area contributed by atoms with Crippen molar-refractivity contribution in [1.82, 2.24) is 10.2 Å². The molecule has 0 spiro atoms. The van der Waals surface area contributed by atoms with E-state index in [-0.39, 0.29) is 0 Å². The quantitative estimate of drug-likeness (QED) is 0.899. The number of nitrogens with one attached hydrogen (secondary N) is 1. The Kier molecular flexibility index (Phi) is 3.73. The van der Waals surface area contributed by atoms with Crippen LogP contribution in [0.5, 0.6) is 0 Å². The lowest BCUT2D eigenvalue weighted by atomic mass is 10.0. The summed E-state index contributed by atoms with van der Waals surface area (Å²) in [4.78, 5) is 5.61. The predicted molar refractivity (Wildman–Crippen MR) is 78.2 cm³/mol. The van der Waals surface area contributed by atoms with Gasteiger partial charge in [-0.25, -0.2) is 0 Å². The van der Waals surface area contributed by atoms with E-state index in [1.807, 2.05) is 11.3 Å². The molecule has 0 unspecified atom stereocenters. The average molecular weight is 264 g/mol. The van der Waals surface area contributed by atoms with E-state index in [4.69, 9.17) is 0 Å². The van der Waals surface area contributed by atoms with E-state index < -0.39 is 0 Å². The van der Waals surface area contributed by atoms with Crippen molar-refractivity contribution in [1.29, 1.82) is 0 Å². The number of piperidine rings is 1. The first-order chi connectivity index (χ1) is 8.72. The molecule has 0 amide bonds. The van der Waals surface area contributed by atoms with Crippen LogP contribution in [-0.4, -0.2) is 30.1 Å². The molecule has 2 heterocycles. The molecule has 1 N–H and O–H groups in total. The van der Waals surface area contributed by atoms with Gasteiger partial charge in [-0.2, -0.15) is 0 Å². The molecule has 3 heteroatoms. The number of aryl methyl sites for hydroxylation is 2. The van der Waals surface area contributed by atoms with Gasteiger partial charge in [-0.15, -0.1) is 11.3 Å². The van der Waals surface area contributed by atoms with Gasteiger partial charge in [0.2, 0.25) is 0 Å². The third-order valence-electron chi connectivity index (χ3n) is 4.32. The van der Waals surface area contributed by atoms with Gasteiger partial charge in [0, 0.05) is 28.4 Å². The lowest BCUT2D eigenvalue weighted by Gasteiger charge is -2.32. The summed E-state index contributed by atoms with van der Waals surface area (Å²) in [6.07, 6.45) is 5.56. The third-order valence-corrected chi connectivity index (χ3v) is 5.33. The van der Waals surface area contributed by atoms with Crippen molar-refractivity contribution >= 4 is 11.3 Å². The van der Waals surface area contributed by atoms with E-state index in [1.54, 1.807) is 0 Å². The normalized spacial score (nSPS) is 22.6. The summed E-state index contributed by atoms with van der Waals surface area (Å²) >= 11 is 1.92. The monoisotopic (exact) mass is 264 g/mol. The zero-order valence-electron chi connectivity index (χ0n) is 11.5. The zero-order chi connectivity index (χ0) is 12.5. The maximum absolute atomic E-state index is 3.75. The van der Waals surface area contributed by atoms with Crippen LogP contribution in [-0.2, 0) is 6.54 Å². The van der Waals surface area contributed by atoms with E-state index in [2.05, 4.69) is 30.1 Å². The number of rotatable bonds is 4. The van der Waals surface area contributed by atoms with E-state index in [0.29, 0.717) is 0 Å². The van der Waals surface area contributed by atoms with Crippen LogP contribution in [0.2, 0.25) is 0 Å². The molecular weight excluding hydrogens is 240 g/mol. The Labute approximate surface area is 114 Å². The van der Waals surface area contributed by atoms with Gasteiger partial charge in [-0.3, -0.25) is 0 Å². The first kappa shape index (κ1) is 12.6. The molecule has 1 saturated carbocycles. The number of thiophene rings is 1. The molecule has 1 aliphatic heterocycles. The van der Waals surface area contributed by atoms with Gasteiger partial charge in [0.1, 0.15) is 0 Å². The molecule has 2 aliphatic rings. The molecule has 1 saturated heterocycles. The van der Waals surface area contributed by atoms with Crippen molar-refractivity contribution in [2.75, 3.05) is 13.1 Å². The maximum atomic E-state index is 3.75. The first-order valence-electron chi connectivity index (χ1n) is 7.26. The van der Waals surface area contributed by atoms with Gasteiger partial charge < -0.3 is 10.2 Å². The van der Waals surface area contributed by atoms with Crippen LogP contribution in [0.15, 0.2) is 6.07 Å². The van der Waals surface area contributed by atoms with Gasteiger partial charge >= 0.3 is 0 Å². The molecular formula is C15H24N2S. The topological polar surface area (TPSA) is 15.3 Å². The molecule has 2 fully saturated rings. The fraction of sp³-hybridized carbons (Fsp3) is 0.733. The van der Waals surface area contributed by atoms with E-state index in [9.17, 15) is 0 Å². The fourth-order valence-electron chi connectivity index (χ4n) is 3.02. The van der Waals surface area contributed by atoms with Gasteiger partial charge in [0.25, 0.3) is 0 Å². The second-order valence-electron chi connectivity index (χ2n) is 5.86. The number of hydrogen-bond acceptors (Lipinski definition) is 3. The lowest BCUT2D eigenvalue weighted by Crippen LogP contribution is -2.43. The predicted octanol–water partition coefficient (Wildman–Crippen LogP) is 3.08. The van der Waals surface area contributed by atoms with Crippen molar-refractivity contribution in [2.24, 2.45) is 0 Å². The minimum absolute atomic E-state index is 0.736. The molecule has 1 aromatic rings. The average Bonchev–Trinajstić information content (AvgIpc) is 3.14. The van der Waals surface area contributed by atoms with Crippen LogP contribution in [0.4, 0.5) is 0 Å². The second-order valence-corrected chi connectivity index (χ2v) is 7.32. The van der Waals surface area contributed by atoms with Crippen molar-refractivity contribution in [3.63, 3.8) is 0 Å². The highest BCUT2D eigenvalue weighted by atomic mass is 32.1. The number of likely N-dealkylation sites (tertiary alicyclic amines) is 1. The summed E-state index contributed by atoms with van der Waals surface area (Å²) in [5, 5.41) is 3.75. The van der Waals surface area contributed by atoms with Gasteiger partial charge in [-0.1, -0.05) is 0 Å². The van der Waals surface area contributed by atoms with Crippen molar-refractivity contribution in [3.05, 3.63) is 21.4 Å². The summed E-state index contributed by atoms with van der Waals surface area (Å²) < 4.78 is 0. The number of hydrogen-bond donors (Lipinski definition) is 1. The standard InChI is InChI=1S/C15H24N2S/c1-11-9-13(12(2)18-11)10-16-14-5-7-17(8-6-14)15-3-4-15/h9,14-16H,3-8,10H2,1-2H3. The molecule has 1 aliphatic carbocycles. The Bertz CT molecular complexity index is 401. The molecule has 0 atom stereocenters. The van der Waals surface area contributed by atoms with Crippen LogP contribution in [0.25, 0.3) is 0 Å². The van der Waals surface area contributed by atoms with Gasteiger partial charge in [0.15, 0.2) is 0 Å². The zero-order valence-corrected chi connectivity index (χ0v) is 12.4. The van der Waals surface area contributed by atoms with Gasteiger partial charge in [0.05, 0.1) is 0 Å². The Balaban J connectivity index is 1.45. The van der Waals surface area contributed by atoms with Crippen molar-refractivity contribution in [3.8, 4) is 0 Å². The summed E-state index contributed by atoms with van der Waals surface area (Å²) in [6, 6.07) is 4.03. The molecule has 18 heavy (non-hydrogen) atoms. The molecule has 100 valence electrons.